The Balaban J connectivity index is 1.34. The van der Waals surface area contributed by atoms with Gasteiger partial charge in [-0.25, -0.2) is 9.48 Å². The molecule has 2 aliphatic heterocycles. The monoisotopic (exact) mass is 389 g/mol. The van der Waals surface area contributed by atoms with Crippen LogP contribution in [0.25, 0.3) is 11.5 Å². The number of hydrogen-bond donors (Lipinski definition) is 0. The van der Waals surface area contributed by atoms with E-state index in [-0.39, 0.29) is 6.03 Å². The second kappa shape index (κ2) is 8.20. The van der Waals surface area contributed by atoms with E-state index in [2.05, 4.69) is 10.00 Å². The molecule has 0 N–H and O–H groups in total. The van der Waals surface area contributed by atoms with Gasteiger partial charge in [-0.15, -0.1) is 5.10 Å². The van der Waals surface area contributed by atoms with Crippen molar-refractivity contribution >= 4 is 18.2 Å². The fourth-order valence-electron chi connectivity index (χ4n) is 3.32. The summed E-state index contributed by atoms with van der Waals surface area (Å²) in [5.74, 6) is 0.529. The number of amides is 2. The summed E-state index contributed by atoms with van der Waals surface area (Å²) in [5.41, 5.74) is 0.906. The highest BCUT2D eigenvalue weighted by atomic mass is 32.1. The lowest BCUT2D eigenvalue weighted by Gasteiger charge is -2.38. The van der Waals surface area contributed by atoms with Gasteiger partial charge in [-0.05, 0) is 24.4 Å². The number of morpholine rings is 1. The van der Waals surface area contributed by atoms with E-state index in [1.807, 2.05) is 40.1 Å². The number of carbonyl (C=O) groups excluding carboxylic acids is 1. The topological polar surface area (TPSA) is 67.0 Å². The molecule has 0 bridgehead atoms. The lowest BCUT2D eigenvalue weighted by atomic mass is 10.2. The number of nitrogens with zero attached hydrogens (tertiary/aromatic N) is 5. The average Bonchev–Trinajstić information content (AvgIpc) is 3.10. The predicted octanol–water partition coefficient (Wildman–Crippen LogP) is 1.90. The zero-order valence-corrected chi connectivity index (χ0v) is 15.9. The molecule has 0 saturated carbocycles. The van der Waals surface area contributed by atoms with Crippen molar-refractivity contribution in [2.45, 2.75) is 6.67 Å². The molecule has 0 unspecified atom stereocenters. The van der Waals surface area contributed by atoms with Crippen LogP contribution in [0.15, 0.2) is 34.7 Å². The summed E-state index contributed by atoms with van der Waals surface area (Å²) in [6, 6.07) is 9.84. The molecule has 2 aromatic rings. The van der Waals surface area contributed by atoms with E-state index in [1.165, 1.54) is 0 Å². The maximum atomic E-state index is 12.6. The van der Waals surface area contributed by atoms with Crippen molar-refractivity contribution in [3.63, 3.8) is 0 Å². The van der Waals surface area contributed by atoms with Gasteiger partial charge in [-0.1, -0.05) is 18.2 Å². The van der Waals surface area contributed by atoms with E-state index in [4.69, 9.17) is 21.4 Å². The molecule has 2 saturated heterocycles. The molecule has 2 amide bonds. The third-order valence-electron chi connectivity index (χ3n) is 4.89. The van der Waals surface area contributed by atoms with Crippen molar-refractivity contribution in [3.8, 4) is 11.5 Å². The zero-order valence-electron chi connectivity index (χ0n) is 15.1. The van der Waals surface area contributed by atoms with Crippen LogP contribution >= 0.6 is 12.2 Å². The largest absolute Gasteiger partial charge is 0.409 e. The molecule has 0 radical (unpaired) electrons. The smallest absolute Gasteiger partial charge is 0.320 e. The SMILES string of the molecule is O=C(N1CCOCC1)N1CCN(Cn2nc(-c3ccccc3)oc2=S)CC1. The van der Waals surface area contributed by atoms with Gasteiger partial charge in [0.05, 0.1) is 19.9 Å². The first-order chi connectivity index (χ1) is 13.2. The minimum atomic E-state index is 0.113. The summed E-state index contributed by atoms with van der Waals surface area (Å²) in [6.07, 6.45) is 0. The molecule has 1 aromatic carbocycles. The van der Waals surface area contributed by atoms with Gasteiger partial charge in [0.25, 0.3) is 4.84 Å². The van der Waals surface area contributed by atoms with Gasteiger partial charge >= 0.3 is 6.03 Å². The summed E-state index contributed by atoms with van der Waals surface area (Å²) in [4.78, 5) is 18.9. The third-order valence-corrected chi connectivity index (χ3v) is 5.18. The van der Waals surface area contributed by atoms with E-state index in [1.54, 1.807) is 4.68 Å². The number of piperazine rings is 1. The molecule has 2 aliphatic rings. The maximum Gasteiger partial charge on any atom is 0.320 e. The molecule has 2 fully saturated rings. The summed E-state index contributed by atoms with van der Waals surface area (Å²) in [5, 5.41) is 4.50. The fraction of sp³-hybridized carbons (Fsp3) is 0.500. The molecular formula is C18H23N5O3S. The van der Waals surface area contributed by atoms with Gasteiger partial charge in [0.2, 0.25) is 5.89 Å². The van der Waals surface area contributed by atoms with Crippen LogP contribution in [0.4, 0.5) is 4.79 Å². The molecule has 8 nitrogen and oxygen atoms in total. The first-order valence-electron chi connectivity index (χ1n) is 9.18. The highest BCUT2D eigenvalue weighted by Crippen LogP contribution is 2.17. The molecule has 144 valence electrons. The number of benzene rings is 1. The van der Waals surface area contributed by atoms with Crippen molar-refractivity contribution < 1.29 is 13.9 Å². The van der Waals surface area contributed by atoms with Crippen LogP contribution < -0.4 is 0 Å². The van der Waals surface area contributed by atoms with Gasteiger partial charge in [0, 0.05) is 44.8 Å². The van der Waals surface area contributed by atoms with Gasteiger partial charge in [0.15, 0.2) is 0 Å². The molecule has 0 aliphatic carbocycles. The summed E-state index contributed by atoms with van der Waals surface area (Å²) < 4.78 is 12.7. The Hall–Kier alpha value is -2.23. The van der Waals surface area contributed by atoms with E-state index < -0.39 is 0 Å². The number of hydrogen-bond acceptors (Lipinski definition) is 6. The van der Waals surface area contributed by atoms with Crippen molar-refractivity contribution in [3.05, 3.63) is 35.2 Å². The van der Waals surface area contributed by atoms with Gasteiger partial charge in [-0.3, -0.25) is 4.90 Å². The molecule has 9 heteroatoms. The molecular weight excluding hydrogens is 366 g/mol. The Bertz CT molecular complexity index is 823. The van der Waals surface area contributed by atoms with Gasteiger partial charge in [0.1, 0.15) is 0 Å². The zero-order chi connectivity index (χ0) is 18.6. The minimum Gasteiger partial charge on any atom is -0.409 e. The van der Waals surface area contributed by atoms with Gasteiger partial charge < -0.3 is 19.0 Å². The second-order valence-corrected chi connectivity index (χ2v) is 7.02. The van der Waals surface area contributed by atoms with Crippen molar-refractivity contribution in [2.75, 3.05) is 52.5 Å². The summed E-state index contributed by atoms with van der Waals surface area (Å²) in [6.45, 7) is 6.13. The standard InChI is InChI=1S/C18H23N5O3S/c24-17(22-10-12-25-13-11-22)21-8-6-20(7-9-21)14-23-18(27)26-16(19-23)15-4-2-1-3-5-15/h1-5H,6-14H2. The molecule has 0 spiro atoms. The van der Waals surface area contributed by atoms with Crippen LogP contribution in [0.1, 0.15) is 0 Å². The van der Waals surface area contributed by atoms with Crippen LogP contribution in [0.3, 0.4) is 0 Å². The number of urea groups is 1. The quantitative estimate of drug-likeness (QED) is 0.747. The van der Waals surface area contributed by atoms with Crippen LogP contribution in [0.5, 0.6) is 0 Å². The highest BCUT2D eigenvalue weighted by Gasteiger charge is 2.26. The number of carbonyl (C=O) groups is 1. The Morgan fingerprint density at radius 2 is 1.67 bits per heavy atom. The van der Waals surface area contributed by atoms with E-state index >= 15 is 0 Å². The first-order valence-corrected chi connectivity index (χ1v) is 9.59. The predicted molar refractivity (Wildman–Crippen MR) is 102 cm³/mol. The number of ether oxygens (including phenoxy) is 1. The Labute approximate surface area is 162 Å². The minimum absolute atomic E-state index is 0.113. The highest BCUT2D eigenvalue weighted by molar-refractivity contribution is 7.71. The Kier molecular flexibility index (Phi) is 5.51. The lowest BCUT2D eigenvalue weighted by molar-refractivity contribution is 0.0353. The lowest BCUT2D eigenvalue weighted by Crippen LogP contribution is -2.54. The maximum absolute atomic E-state index is 12.6. The summed E-state index contributed by atoms with van der Waals surface area (Å²) in [7, 11) is 0. The van der Waals surface area contributed by atoms with Gasteiger partial charge in [-0.2, -0.15) is 0 Å². The Morgan fingerprint density at radius 1 is 1.00 bits per heavy atom. The van der Waals surface area contributed by atoms with E-state index in [0.717, 1.165) is 18.7 Å². The molecule has 0 atom stereocenters. The van der Waals surface area contributed by atoms with Crippen LogP contribution in [0, 0.1) is 4.84 Å². The van der Waals surface area contributed by atoms with Crippen molar-refractivity contribution in [2.24, 2.45) is 0 Å². The number of rotatable bonds is 3. The third kappa shape index (κ3) is 4.20. The molecule has 3 heterocycles. The summed E-state index contributed by atoms with van der Waals surface area (Å²) >= 11 is 5.32. The van der Waals surface area contributed by atoms with Crippen molar-refractivity contribution in [1.29, 1.82) is 0 Å². The first kappa shape index (κ1) is 18.1. The molecule has 4 rings (SSSR count). The van der Waals surface area contributed by atoms with E-state index in [9.17, 15) is 4.79 Å². The van der Waals surface area contributed by atoms with Crippen LogP contribution in [-0.2, 0) is 11.4 Å². The molecule has 27 heavy (non-hydrogen) atoms. The van der Waals surface area contributed by atoms with Crippen LogP contribution in [0.2, 0.25) is 0 Å². The van der Waals surface area contributed by atoms with Crippen LogP contribution in [-0.4, -0.2) is 83.0 Å². The van der Waals surface area contributed by atoms with E-state index in [0.29, 0.717) is 56.8 Å². The van der Waals surface area contributed by atoms with Crippen molar-refractivity contribution in [1.82, 2.24) is 24.5 Å². The second-order valence-electron chi connectivity index (χ2n) is 6.67. The average molecular weight is 389 g/mol. The number of aromatic nitrogens is 2. The Morgan fingerprint density at radius 3 is 2.37 bits per heavy atom. The fourth-order valence-corrected chi connectivity index (χ4v) is 3.50. The molecule has 1 aromatic heterocycles. The normalized spacial score (nSPS) is 18.7.